The Labute approximate surface area is 252 Å². The van der Waals surface area contributed by atoms with Crippen molar-refractivity contribution in [1.82, 2.24) is 24.8 Å². The highest BCUT2D eigenvalue weighted by atomic mass is 16.6. The fraction of sp³-hybridized carbons (Fsp3) is 0.594. The van der Waals surface area contributed by atoms with E-state index >= 15 is 0 Å². The van der Waals surface area contributed by atoms with E-state index in [0.717, 1.165) is 36.7 Å². The number of aliphatic hydroxyl groups excluding tert-OH is 1. The van der Waals surface area contributed by atoms with E-state index in [2.05, 4.69) is 23.5 Å². The Balaban J connectivity index is 1.41. The summed E-state index contributed by atoms with van der Waals surface area (Å²) < 4.78 is 13.9. The lowest BCUT2D eigenvalue weighted by Crippen LogP contribution is -2.56. The van der Waals surface area contributed by atoms with Gasteiger partial charge >= 0.3 is 5.97 Å². The zero-order chi connectivity index (χ0) is 30.4. The van der Waals surface area contributed by atoms with E-state index in [-0.39, 0.29) is 38.2 Å². The first-order valence-corrected chi connectivity index (χ1v) is 15.5. The zero-order valence-electron chi connectivity index (χ0n) is 24.8. The van der Waals surface area contributed by atoms with Gasteiger partial charge in [-0.3, -0.25) is 14.4 Å². The molecule has 1 aromatic carbocycles. The molecule has 2 amide bonds. The van der Waals surface area contributed by atoms with Gasteiger partial charge in [-0.25, -0.2) is 4.68 Å². The first-order valence-electron chi connectivity index (χ1n) is 15.5. The van der Waals surface area contributed by atoms with Gasteiger partial charge in [0.05, 0.1) is 30.1 Å². The maximum absolute atomic E-state index is 14.5. The quantitative estimate of drug-likeness (QED) is 0.168. The number of aromatic nitrogens is 3. The second-order valence-electron chi connectivity index (χ2n) is 11.7. The molecular formula is C32H43N5O6. The van der Waals surface area contributed by atoms with Gasteiger partial charge in [0, 0.05) is 19.7 Å². The van der Waals surface area contributed by atoms with Gasteiger partial charge in [0.25, 0.3) is 0 Å². The third kappa shape index (κ3) is 5.97. The number of ether oxygens (including phenoxy) is 2. The Bertz CT molecular complexity index is 1330. The number of fused-ring (bicyclic) bond motifs is 2. The van der Waals surface area contributed by atoms with Crippen molar-refractivity contribution >= 4 is 28.8 Å². The van der Waals surface area contributed by atoms with Crippen LogP contribution < -0.4 is 0 Å². The van der Waals surface area contributed by atoms with Crippen LogP contribution in [-0.2, 0) is 30.5 Å². The van der Waals surface area contributed by atoms with Crippen LogP contribution in [0.3, 0.4) is 0 Å². The summed E-state index contributed by atoms with van der Waals surface area (Å²) in [6, 6.07) is 6.65. The monoisotopic (exact) mass is 593 g/mol. The summed E-state index contributed by atoms with van der Waals surface area (Å²) in [6.07, 6.45) is 9.57. The lowest BCUT2D eigenvalue weighted by Gasteiger charge is -2.36. The molecule has 4 heterocycles. The molecule has 1 aromatic heterocycles. The Morgan fingerprint density at radius 2 is 1.95 bits per heavy atom. The number of benzene rings is 1. The van der Waals surface area contributed by atoms with Crippen LogP contribution in [-0.4, -0.2) is 91.7 Å². The highest BCUT2D eigenvalue weighted by Crippen LogP contribution is 2.58. The smallest absolute Gasteiger partial charge is 0.312 e. The molecule has 11 nitrogen and oxygen atoms in total. The summed E-state index contributed by atoms with van der Waals surface area (Å²) in [5.41, 5.74) is 0.411. The number of amides is 2. The molecule has 232 valence electrons. The number of aliphatic hydroxyl groups is 1. The number of likely N-dealkylation sites (tertiary alicyclic amines) is 1. The van der Waals surface area contributed by atoms with Crippen molar-refractivity contribution in [3.63, 3.8) is 0 Å². The van der Waals surface area contributed by atoms with Gasteiger partial charge in [-0.2, -0.15) is 0 Å². The van der Waals surface area contributed by atoms with Crippen LogP contribution >= 0.6 is 0 Å². The highest BCUT2D eigenvalue weighted by molar-refractivity contribution is 5.98. The molecule has 3 fully saturated rings. The summed E-state index contributed by atoms with van der Waals surface area (Å²) in [5.74, 6) is -2.40. The molecule has 1 N–H and O–H groups in total. The number of carbonyl (C=O) groups excluding carboxylic acids is 3. The summed E-state index contributed by atoms with van der Waals surface area (Å²) in [5, 5.41) is 17.7. The van der Waals surface area contributed by atoms with Crippen LogP contribution in [0.15, 0.2) is 49.6 Å². The fourth-order valence-corrected chi connectivity index (χ4v) is 7.08. The maximum atomic E-state index is 14.5. The van der Waals surface area contributed by atoms with E-state index < -0.39 is 35.6 Å². The maximum Gasteiger partial charge on any atom is 0.312 e. The molecule has 5 atom stereocenters. The van der Waals surface area contributed by atoms with E-state index in [1.54, 1.807) is 20.6 Å². The van der Waals surface area contributed by atoms with E-state index in [1.807, 2.05) is 30.3 Å². The molecule has 2 aromatic rings. The Hall–Kier alpha value is -3.57. The number of esters is 1. The van der Waals surface area contributed by atoms with Crippen molar-refractivity contribution in [3.05, 3.63) is 49.6 Å². The lowest BCUT2D eigenvalue weighted by atomic mass is 9.70. The minimum atomic E-state index is -1.10. The minimum Gasteiger partial charge on any atom is -0.465 e. The number of carbonyl (C=O) groups is 3. The molecule has 2 unspecified atom stereocenters. The van der Waals surface area contributed by atoms with Gasteiger partial charge in [-0.05, 0) is 57.1 Å². The average molecular weight is 594 g/mol. The van der Waals surface area contributed by atoms with Gasteiger partial charge in [-0.15, -0.1) is 18.3 Å². The topological polar surface area (TPSA) is 127 Å². The molecule has 5 rings (SSSR count). The third-order valence-corrected chi connectivity index (χ3v) is 9.05. The first-order chi connectivity index (χ1) is 21.0. The molecule has 3 aliphatic rings. The highest BCUT2D eigenvalue weighted by Gasteiger charge is 2.75. The molecule has 0 radical (unpaired) electrons. The third-order valence-electron chi connectivity index (χ3n) is 9.05. The van der Waals surface area contributed by atoms with E-state index in [0.29, 0.717) is 38.6 Å². The zero-order valence-corrected chi connectivity index (χ0v) is 24.8. The standard InChI is InChI=1S/C32H43N5O6/c1-3-5-6-13-21-42-31(41)26-25-16-17-32(43-25)27(26)29(39)36(19-11-7-8-12-20-38)28(32)30(40)35(18-4-2)22-37-24-15-10-9-14-23(24)33-34-37/h3-4,9-10,14-15,25-28,38H,1-2,5-8,11-13,16-22H2/t25-,26+,27+,28?,32?/m1/s1. The Morgan fingerprint density at radius 1 is 1.14 bits per heavy atom. The number of hydrogen-bond donors (Lipinski definition) is 1. The molecular weight excluding hydrogens is 550 g/mol. The number of unbranched alkanes of at least 4 members (excludes halogenated alkanes) is 5. The number of rotatable bonds is 17. The second-order valence-corrected chi connectivity index (χ2v) is 11.7. The first kappa shape index (κ1) is 30.9. The number of hydrogen-bond acceptors (Lipinski definition) is 8. The molecule has 3 saturated heterocycles. The van der Waals surface area contributed by atoms with Crippen LogP contribution in [0.25, 0.3) is 11.0 Å². The predicted octanol–water partition coefficient (Wildman–Crippen LogP) is 3.23. The molecule has 0 aliphatic carbocycles. The van der Waals surface area contributed by atoms with Crippen LogP contribution in [0.2, 0.25) is 0 Å². The van der Waals surface area contributed by atoms with Crippen molar-refractivity contribution in [2.45, 2.75) is 82.2 Å². The molecule has 43 heavy (non-hydrogen) atoms. The van der Waals surface area contributed by atoms with Gasteiger partial charge < -0.3 is 24.4 Å². The summed E-state index contributed by atoms with van der Waals surface area (Å²) in [4.78, 5) is 45.4. The van der Waals surface area contributed by atoms with Crippen molar-refractivity contribution < 1.29 is 29.0 Å². The van der Waals surface area contributed by atoms with E-state index in [1.165, 1.54) is 0 Å². The molecule has 0 saturated carbocycles. The Morgan fingerprint density at radius 3 is 2.74 bits per heavy atom. The fourth-order valence-electron chi connectivity index (χ4n) is 7.08. The van der Waals surface area contributed by atoms with Gasteiger partial charge in [-0.1, -0.05) is 42.3 Å². The normalized spacial score (nSPS) is 25.7. The minimum absolute atomic E-state index is 0.120. The van der Waals surface area contributed by atoms with Crippen molar-refractivity contribution in [2.75, 3.05) is 26.3 Å². The summed E-state index contributed by atoms with van der Waals surface area (Å²) >= 11 is 0. The van der Waals surface area contributed by atoms with Gasteiger partial charge in [0.2, 0.25) is 11.8 Å². The summed E-state index contributed by atoms with van der Waals surface area (Å²) in [6.45, 7) is 8.72. The largest absolute Gasteiger partial charge is 0.465 e. The van der Waals surface area contributed by atoms with Gasteiger partial charge in [0.15, 0.2) is 0 Å². The SMILES string of the molecule is C=CCCCCOC(=O)[C@@H]1[C@H]2C(=O)N(CCCCCCO)C(C(=O)N(CC=C)Cn3nnc4ccccc43)C23CC[C@H]1O3. The molecule has 2 bridgehead atoms. The van der Waals surface area contributed by atoms with Crippen molar-refractivity contribution in [2.24, 2.45) is 11.8 Å². The molecule has 1 spiro atoms. The van der Waals surface area contributed by atoms with Crippen LogP contribution in [0.4, 0.5) is 0 Å². The number of allylic oxidation sites excluding steroid dienone is 1. The van der Waals surface area contributed by atoms with Crippen LogP contribution in [0, 0.1) is 11.8 Å². The molecule has 3 aliphatic heterocycles. The van der Waals surface area contributed by atoms with Crippen LogP contribution in [0.1, 0.15) is 57.8 Å². The lowest BCUT2D eigenvalue weighted by molar-refractivity contribution is -0.155. The van der Waals surface area contributed by atoms with E-state index in [4.69, 9.17) is 9.47 Å². The second kappa shape index (κ2) is 13.8. The number of nitrogens with zero attached hydrogens (tertiary/aromatic N) is 5. The molecule has 11 heteroatoms. The Kier molecular flexibility index (Phi) is 9.92. The summed E-state index contributed by atoms with van der Waals surface area (Å²) in [7, 11) is 0. The van der Waals surface area contributed by atoms with E-state index in [9.17, 15) is 19.5 Å². The predicted molar refractivity (Wildman–Crippen MR) is 159 cm³/mol. The average Bonchev–Trinajstić information content (AvgIpc) is 3.76. The van der Waals surface area contributed by atoms with Crippen molar-refractivity contribution in [3.8, 4) is 0 Å². The van der Waals surface area contributed by atoms with Gasteiger partial charge in [0.1, 0.15) is 23.8 Å². The number of para-hydroxylation sites is 1. The van der Waals surface area contributed by atoms with Crippen molar-refractivity contribution in [1.29, 1.82) is 0 Å². The van der Waals surface area contributed by atoms with Crippen LogP contribution in [0.5, 0.6) is 0 Å².